The van der Waals surface area contributed by atoms with Crippen LogP contribution < -0.4 is 0 Å². The number of amides is 1. The number of hydrogen-bond acceptors (Lipinski definition) is 3. The second-order valence-electron chi connectivity index (χ2n) is 6.17. The second-order valence-corrected chi connectivity index (χ2v) is 6.17. The molecule has 0 bridgehead atoms. The van der Waals surface area contributed by atoms with Crippen LogP contribution in [0.25, 0.3) is 0 Å². The fourth-order valence-corrected chi connectivity index (χ4v) is 3.51. The van der Waals surface area contributed by atoms with Crippen LogP contribution in [0, 0.1) is 11.8 Å². The molecule has 5 atom stereocenters. The third-order valence-corrected chi connectivity index (χ3v) is 4.85. The molecule has 0 aromatic carbocycles. The van der Waals surface area contributed by atoms with Crippen molar-refractivity contribution >= 4 is 11.9 Å². The zero-order valence-corrected chi connectivity index (χ0v) is 12.5. The van der Waals surface area contributed by atoms with Gasteiger partial charge in [-0.2, -0.15) is 0 Å². The zero-order valence-electron chi connectivity index (χ0n) is 12.5. The van der Waals surface area contributed by atoms with E-state index in [2.05, 4.69) is 0 Å². The quantitative estimate of drug-likeness (QED) is 0.840. The van der Waals surface area contributed by atoms with Gasteiger partial charge >= 0.3 is 5.97 Å². The first-order valence-electron chi connectivity index (χ1n) is 7.62. The Hall–Kier alpha value is -1.10. The first-order valence-corrected chi connectivity index (χ1v) is 7.62. The molecule has 0 saturated carbocycles. The van der Waals surface area contributed by atoms with Crippen LogP contribution in [0.3, 0.4) is 0 Å². The highest BCUT2D eigenvalue weighted by atomic mass is 16.5. The molecular weight excluding hydrogens is 258 g/mol. The van der Waals surface area contributed by atoms with Gasteiger partial charge in [-0.15, -0.1) is 0 Å². The SMILES string of the molecule is CC1OC(C)C(C(=O)N2CCCCCC2C(=O)O)C1C. The maximum absolute atomic E-state index is 12.8. The number of hydrogen-bond donors (Lipinski definition) is 1. The van der Waals surface area contributed by atoms with Crippen molar-refractivity contribution in [3.05, 3.63) is 0 Å². The number of rotatable bonds is 2. The van der Waals surface area contributed by atoms with Gasteiger partial charge in [0.25, 0.3) is 0 Å². The summed E-state index contributed by atoms with van der Waals surface area (Å²) < 4.78 is 5.73. The molecule has 0 radical (unpaired) electrons. The van der Waals surface area contributed by atoms with Crippen molar-refractivity contribution in [2.45, 2.75) is 64.7 Å². The average Bonchev–Trinajstić information content (AvgIpc) is 2.60. The van der Waals surface area contributed by atoms with Crippen molar-refractivity contribution in [1.29, 1.82) is 0 Å². The van der Waals surface area contributed by atoms with Crippen LogP contribution in [0.1, 0.15) is 46.5 Å². The summed E-state index contributed by atoms with van der Waals surface area (Å²) in [4.78, 5) is 25.8. The van der Waals surface area contributed by atoms with Crippen LogP contribution in [0.5, 0.6) is 0 Å². The highest BCUT2D eigenvalue weighted by molar-refractivity contribution is 5.86. The van der Waals surface area contributed by atoms with Gasteiger partial charge in [0.1, 0.15) is 6.04 Å². The van der Waals surface area contributed by atoms with E-state index < -0.39 is 12.0 Å². The fourth-order valence-electron chi connectivity index (χ4n) is 3.51. The summed E-state index contributed by atoms with van der Waals surface area (Å²) in [6.07, 6.45) is 3.24. The van der Waals surface area contributed by atoms with Gasteiger partial charge in [0.15, 0.2) is 0 Å². The fraction of sp³-hybridized carbons (Fsp3) is 0.867. The summed E-state index contributed by atoms with van der Waals surface area (Å²) in [5.41, 5.74) is 0. The molecular formula is C15H25NO4. The van der Waals surface area contributed by atoms with Crippen LogP contribution in [-0.4, -0.2) is 46.7 Å². The molecule has 2 heterocycles. The van der Waals surface area contributed by atoms with E-state index in [0.29, 0.717) is 13.0 Å². The van der Waals surface area contributed by atoms with E-state index in [4.69, 9.17) is 4.74 Å². The lowest BCUT2D eigenvalue weighted by Crippen LogP contribution is -2.49. The number of carbonyl (C=O) groups excluding carboxylic acids is 1. The highest BCUT2D eigenvalue weighted by Gasteiger charge is 2.45. The van der Waals surface area contributed by atoms with Crippen LogP contribution in [0.15, 0.2) is 0 Å². The Bertz CT molecular complexity index is 384. The Balaban J connectivity index is 2.18. The first kappa shape index (κ1) is 15.3. The topological polar surface area (TPSA) is 66.8 Å². The number of aliphatic carboxylic acids is 1. The summed E-state index contributed by atoms with van der Waals surface area (Å²) in [5.74, 6) is -1.00. The maximum atomic E-state index is 12.8. The molecule has 114 valence electrons. The number of carboxylic acid groups (broad SMARTS) is 1. The van der Waals surface area contributed by atoms with Crippen LogP contribution >= 0.6 is 0 Å². The molecule has 2 saturated heterocycles. The zero-order chi connectivity index (χ0) is 14.9. The van der Waals surface area contributed by atoms with E-state index in [-0.39, 0.29) is 30.0 Å². The standard InChI is InChI=1S/C15H25NO4/c1-9-10(2)20-11(3)13(9)14(17)16-8-6-4-5-7-12(16)15(18)19/h9-13H,4-8H2,1-3H3,(H,18,19). The summed E-state index contributed by atoms with van der Waals surface area (Å²) in [6, 6.07) is -0.666. The molecule has 20 heavy (non-hydrogen) atoms. The van der Waals surface area contributed by atoms with Gasteiger partial charge in [0.05, 0.1) is 18.1 Å². The molecule has 1 N–H and O–H groups in total. The molecule has 2 rings (SSSR count). The summed E-state index contributed by atoms with van der Waals surface area (Å²) in [6.45, 7) is 6.46. The molecule has 5 unspecified atom stereocenters. The third-order valence-electron chi connectivity index (χ3n) is 4.85. The molecule has 1 amide bonds. The largest absolute Gasteiger partial charge is 0.480 e. The van der Waals surface area contributed by atoms with Gasteiger partial charge in [-0.3, -0.25) is 4.79 Å². The number of likely N-dealkylation sites (tertiary alicyclic amines) is 1. The van der Waals surface area contributed by atoms with Crippen LogP contribution in [-0.2, 0) is 14.3 Å². The minimum Gasteiger partial charge on any atom is -0.480 e. The summed E-state index contributed by atoms with van der Waals surface area (Å²) in [7, 11) is 0. The lowest BCUT2D eigenvalue weighted by Gasteiger charge is -2.31. The van der Waals surface area contributed by atoms with E-state index in [1.807, 2.05) is 20.8 Å². The van der Waals surface area contributed by atoms with E-state index >= 15 is 0 Å². The van der Waals surface area contributed by atoms with Gasteiger partial charge in [-0.25, -0.2) is 4.79 Å². The second kappa shape index (κ2) is 6.12. The van der Waals surface area contributed by atoms with Gasteiger partial charge < -0.3 is 14.7 Å². The minimum atomic E-state index is -0.882. The predicted octanol–water partition coefficient (Wildman–Crippen LogP) is 1.90. The molecule has 5 heteroatoms. The van der Waals surface area contributed by atoms with Crippen molar-refractivity contribution in [2.24, 2.45) is 11.8 Å². The summed E-state index contributed by atoms with van der Waals surface area (Å²) >= 11 is 0. The van der Waals surface area contributed by atoms with E-state index in [9.17, 15) is 14.7 Å². The van der Waals surface area contributed by atoms with Gasteiger partial charge in [0, 0.05) is 6.54 Å². The molecule has 0 aliphatic carbocycles. The molecule has 0 spiro atoms. The lowest BCUT2D eigenvalue weighted by molar-refractivity contribution is -0.153. The Morgan fingerprint density at radius 2 is 1.80 bits per heavy atom. The van der Waals surface area contributed by atoms with Crippen molar-refractivity contribution < 1.29 is 19.4 Å². The van der Waals surface area contributed by atoms with Crippen molar-refractivity contribution in [1.82, 2.24) is 4.90 Å². The van der Waals surface area contributed by atoms with E-state index in [1.54, 1.807) is 4.90 Å². The molecule has 0 aromatic heterocycles. The Labute approximate surface area is 120 Å². The van der Waals surface area contributed by atoms with E-state index in [0.717, 1.165) is 19.3 Å². The molecule has 5 nitrogen and oxygen atoms in total. The normalized spacial score (nSPS) is 38.5. The van der Waals surface area contributed by atoms with Gasteiger partial charge in [-0.05, 0) is 32.6 Å². The van der Waals surface area contributed by atoms with Crippen molar-refractivity contribution in [3.8, 4) is 0 Å². The molecule has 2 fully saturated rings. The smallest absolute Gasteiger partial charge is 0.326 e. The van der Waals surface area contributed by atoms with Crippen molar-refractivity contribution in [2.75, 3.05) is 6.54 Å². The van der Waals surface area contributed by atoms with E-state index in [1.165, 1.54) is 0 Å². The number of nitrogens with zero attached hydrogens (tertiary/aromatic N) is 1. The minimum absolute atomic E-state index is 0.0383. The molecule has 0 aromatic rings. The van der Waals surface area contributed by atoms with Gasteiger partial charge in [-0.1, -0.05) is 19.8 Å². The number of ether oxygens (including phenoxy) is 1. The maximum Gasteiger partial charge on any atom is 0.326 e. The highest BCUT2D eigenvalue weighted by Crippen LogP contribution is 2.34. The number of carboxylic acids is 1. The number of carbonyl (C=O) groups is 2. The average molecular weight is 283 g/mol. The van der Waals surface area contributed by atoms with Crippen molar-refractivity contribution in [3.63, 3.8) is 0 Å². The molecule has 2 aliphatic heterocycles. The first-order chi connectivity index (χ1) is 9.43. The Morgan fingerprint density at radius 3 is 2.35 bits per heavy atom. The summed E-state index contributed by atoms with van der Waals surface area (Å²) in [5, 5.41) is 9.38. The Kier molecular flexibility index (Phi) is 4.68. The molecule has 2 aliphatic rings. The lowest BCUT2D eigenvalue weighted by atomic mass is 9.88. The monoisotopic (exact) mass is 283 g/mol. The Morgan fingerprint density at radius 1 is 1.10 bits per heavy atom. The van der Waals surface area contributed by atoms with Gasteiger partial charge in [0.2, 0.25) is 5.91 Å². The van der Waals surface area contributed by atoms with Crippen LogP contribution in [0.2, 0.25) is 0 Å². The van der Waals surface area contributed by atoms with Crippen LogP contribution in [0.4, 0.5) is 0 Å². The third kappa shape index (κ3) is 2.82. The predicted molar refractivity (Wildman–Crippen MR) is 74.3 cm³/mol.